The van der Waals surface area contributed by atoms with Gasteiger partial charge < -0.3 is 9.64 Å². The third kappa shape index (κ3) is 7.37. The highest BCUT2D eigenvalue weighted by atomic mass is 19.2. The molecule has 0 bridgehead atoms. The lowest BCUT2D eigenvalue weighted by Crippen LogP contribution is -2.41. The minimum Gasteiger partial charge on any atom is -0.489 e. The second-order valence-electron chi connectivity index (χ2n) is 10.6. The van der Waals surface area contributed by atoms with Crippen LogP contribution in [0.5, 0.6) is 5.75 Å². The van der Waals surface area contributed by atoms with Gasteiger partial charge in [-0.1, -0.05) is 18.6 Å². The molecule has 0 aromatic heterocycles. The molecule has 3 aromatic carbocycles. The van der Waals surface area contributed by atoms with E-state index in [0.29, 0.717) is 13.2 Å². The first-order valence-corrected chi connectivity index (χ1v) is 14.0. The predicted molar refractivity (Wildman–Crippen MR) is 152 cm³/mol. The number of likely N-dealkylation sites (tertiary alicyclic amines) is 2. The van der Waals surface area contributed by atoms with Gasteiger partial charge in [-0.25, -0.2) is 22.0 Å². The monoisotopic (exact) mass is 596 g/mol. The number of hydrogen-bond donors (Lipinski definition) is 0. The number of carbonyl (C=O) groups excluding carboxylic acids is 2. The standard InChI is InChI=1S/C33H29F5N2O3/c34-26-7-4-21(16-28(26)36)14-24-19-40(20-25(32(24)41)15-22-5-8-27(35)29(37)17-22)33(42)23-6-9-31(30(38)18-23)43-13-12-39-10-2-1-3-11-39/h4-9,14-18H,1-3,10-13,19-20H2. The van der Waals surface area contributed by atoms with Gasteiger partial charge in [0.25, 0.3) is 5.91 Å². The summed E-state index contributed by atoms with van der Waals surface area (Å²) in [5, 5.41) is 0. The molecule has 1 amide bonds. The molecule has 43 heavy (non-hydrogen) atoms. The molecule has 5 nitrogen and oxygen atoms in total. The van der Waals surface area contributed by atoms with Crippen LogP contribution in [-0.4, -0.2) is 60.8 Å². The number of benzene rings is 3. The maximum absolute atomic E-state index is 15.0. The summed E-state index contributed by atoms with van der Waals surface area (Å²) in [5.41, 5.74) is 0.506. The number of halogens is 5. The number of Topliss-reactive ketones (excluding diaryl/α,β-unsaturated/α-hetero) is 1. The summed E-state index contributed by atoms with van der Waals surface area (Å²) in [6.07, 6.45) is 6.11. The van der Waals surface area contributed by atoms with Crippen molar-refractivity contribution in [1.29, 1.82) is 0 Å². The summed E-state index contributed by atoms with van der Waals surface area (Å²) < 4.78 is 75.2. The molecule has 3 aromatic rings. The van der Waals surface area contributed by atoms with Crippen LogP contribution in [0, 0.1) is 29.1 Å². The largest absolute Gasteiger partial charge is 0.489 e. The van der Waals surface area contributed by atoms with Crippen molar-refractivity contribution in [3.63, 3.8) is 0 Å². The van der Waals surface area contributed by atoms with Crippen LogP contribution in [0.3, 0.4) is 0 Å². The highest BCUT2D eigenvalue weighted by Crippen LogP contribution is 2.26. The van der Waals surface area contributed by atoms with E-state index in [4.69, 9.17) is 4.74 Å². The van der Waals surface area contributed by atoms with E-state index in [-0.39, 0.29) is 46.7 Å². The van der Waals surface area contributed by atoms with E-state index in [0.717, 1.165) is 56.3 Å². The number of ketones is 1. The van der Waals surface area contributed by atoms with Gasteiger partial charge in [0, 0.05) is 23.3 Å². The van der Waals surface area contributed by atoms with Crippen LogP contribution in [0.1, 0.15) is 40.7 Å². The fourth-order valence-corrected chi connectivity index (χ4v) is 5.19. The molecule has 0 unspecified atom stereocenters. The molecule has 0 atom stereocenters. The first-order valence-electron chi connectivity index (χ1n) is 14.0. The van der Waals surface area contributed by atoms with Gasteiger partial charge in [-0.2, -0.15) is 0 Å². The minimum absolute atomic E-state index is 0.00887. The van der Waals surface area contributed by atoms with Crippen LogP contribution >= 0.6 is 0 Å². The second kappa shape index (κ2) is 13.3. The number of hydrogen-bond acceptors (Lipinski definition) is 4. The van der Waals surface area contributed by atoms with Crippen LogP contribution in [0.4, 0.5) is 22.0 Å². The van der Waals surface area contributed by atoms with E-state index < -0.39 is 40.8 Å². The molecule has 2 aliphatic heterocycles. The Morgan fingerprint density at radius 1 is 0.721 bits per heavy atom. The number of carbonyl (C=O) groups is 2. The van der Waals surface area contributed by atoms with Crippen LogP contribution in [0.15, 0.2) is 65.7 Å². The summed E-state index contributed by atoms with van der Waals surface area (Å²) in [6.45, 7) is 2.52. The van der Waals surface area contributed by atoms with E-state index >= 15 is 0 Å². The van der Waals surface area contributed by atoms with Gasteiger partial charge >= 0.3 is 0 Å². The van der Waals surface area contributed by atoms with Crippen molar-refractivity contribution in [3.8, 4) is 5.75 Å². The summed E-state index contributed by atoms with van der Waals surface area (Å²) in [4.78, 5) is 30.4. The SMILES string of the molecule is O=C1C(=Cc2ccc(F)c(F)c2)CN(C(=O)c2ccc(OCCN3CCCCC3)c(F)c2)CC1=Cc1ccc(F)c(F)c1. The molecule has 0 spiro atoms. The Bertz CT molecular complexity index is 1520. The zero-order chi connectivity index (χ0) is 30.5. The molecule has 0 saturated carbocycles. The normalized spacial score (nSPS) is 18.0. The fraction of sp³-hybridized carbons (Fsp3) is 0.273. The van der Waals surface area contributed by atoms with Gasteiger partial charge in [0.2, 0.25) is 0 Å². The van der Waals surface area contributed by atoms with Gasteiger partial charge in [0.15, 0.2) is 40.6 Å². The van der Waals surface area contributed by atoms with Crippen LogP contribution < -0.4 is 4.74 Å². The average molecular weight is 597 g/mol. The minimum atomic E-state index is -1.11. The number of piperidine rings is 2. The molecule has 2 aliphatic rings. The third-order valence-corrected chi connectivity index (χ3v) is 7.45. The molecule has 10 heteroatoms. The molecule has 0 N–H and O–H groups in total. The Balaban J connectivity index is 1.38. The van der Waals surface area contributed by atoms with Crippen molar-refractivity contribution in [1.82, 2.24) is 9.80 Å². The smallest absolute Gasteiger partial charge is 0.254 e. The van der Waals surface area contributed by atoms with Gasteiger partial charge in [-0.3, -0.25) is 14.5 Å². The molecule has 0 radical (unpaired) electrons. The topological polar surface area (TPSA) is 49.9 Å². The fourth-order valence-electron chi connectivity index (χ4n) is 5.19. The first-order chi connectivity index (χ1) is 20.7. The van der Waals surface area contributed by atoms with Gasteiger partial charge in [-0.05, 0) is 91.7 Å². The molecule has 224 valence electrons. The number of nitrogens with zero attached hydrogens (tertiary/aromatic N) is 2. The van der Waals surface area contributed by atoms with Crippen molar-refractivity contribution in [2.45, 2.75) is 19.3 Å². The molecule has 5 rings (SSSR count). The maximum Gasteiger partial charge on any atom is 0.254 e. The first kappa shape index (κ1) is 30.2. The van der Waals surface area contributed by atoms with Crippen LogP contribution in [-0.2, 0) is 4.79 Å². The van der Waals surface area contributed by atoms with E-state index in [1.807, 2.05) is 0 Å². The van der Waals surface area contributed by atoms with E-state index in [2.05, 4.69) is 4.90 Å². The Kier molecular flexibility index (Phi) is 9.35. The Morgan fingerprint density at radius 2 is 1.30 bits per heavy atom. The molecular weight excluding hydrogens is 567 g/mol. The van der Waals surface area contributed by atoms with Gasteiger partial charge in [-0.15, -0.1) is 0 Å². The highest BCUT2D eigenvalue weighted by Gasteiger charge is 2.30. The summed E-state index contributed by atoms with van der Waals surface area (Å²) in [5.74, 6) is -6.16. The molecule has 0 aliphatic carbocycles. The van der Waals surface area contributed by atoms with E-state index in [9.17, 15) is 31.5 Å². The molecule has 2 heterocycles. The quantitative estimate of drug-likeness (QED) is 0.233. The second-order valence-corrected chi connectivity index (χ2v) is 10.6. The Hall–Kier alpha value is -4.31. The molecular formula is C33H29F5N2O3. The highest BCUT2D eigenvalue weighted by molar-refractivity contribution is 6.15. The lowest BCUT2D eigenvalue weighted by Gasteiger charge is -2.30. The van der Waals surface area contributed by atoms with Crippen LogP contribution in [0.2, 0.25) is 0 Å². The zero-order valence-electron chi connectivity index (χ0n) is 23.2. The third-order valence-electron chi connectivity index (χ3n) is 7.45. The summed E-state index contributed by atoms with van der Waals surface area (Å²) >= 11 is 0. The molecule has 2 saturated heterocycles. The van der Waals surface area contributed by atoms with Gasteiger partial charge in [0.1, 0.15) is 6.61 Å². The van der Waals surface area contributed by atoms with Crippen molar-refractivity contribution >= 4 is 23.8 Å². The maximum atomic E-state index is 15.0. The summed E-state index contributed by atoms with van der Waals surface area (Å²) in [6, 6.07) is 10.1. The van der Waals surface area contributed by atoms with Crippen molar-refractivity contribution in [2.75, 3.05) is 39.3 Å². The Morgan fingerprint density at radius 3 is 1.84 bits per heavy atom. The zero-order valence-corrected chi connectivity index (χ0v) is 23.2. The van der Waals surface area contributed by atoms with Crippen LogP contribution in [0.25, 0.3) is 12.2 Å². The average Bonchev–Trinajstić information content (AvgIpc) is 2.99. The lowest BCUT2D eigenvalue weighted by molar-refractivity contribution is -0.113. The number of ether oxygens (including phenoxy) is 1. The van der Waals surface area contributed by atoms with Crippen molar-refractivity contribution < 1.29 is 36.3 Å². The Labute approximate surface area is 245 Å². The van der Waals surface area contributed by atoms with Crippen molar-refractivity contribution in [3.05, 3.63) is 112 Å². The molecule has 2 fully saturated rings. The number of rotatable bonds is 7. The van der Waals surface area contributed by atoms with E-state index in [1.54, 1.807) is 0 Å². The lowest BCUT2D eigenvalue weighted by atomic mass is 9.93. The van der Waals surface area contributed by atoms with Crippen molar-refractivity contribution in [2.24, 2.45) is 0 Å². The number of amides is 1. The predicted octanol–water partition coefficient (Wildman–Crippen LogP) is 6.44. The van der Waals surface area contributed by atoms with E-state index in [1.165, 1.54) is 47.7 Å². The van der Waals surface area contributed by atoms with Gasteiger partial charge in [0.05, 0.1) is 13.1 Å². The summed E-state index contributed by atoms with van der Waals surface area (Å²) in [7, 11) is 0.